The Balaban J connectivity index is 0.00000280. The van der Waals surface area contributed by atoms with Crippen LogP contribution in [0.3, 0.4) is 0 Å². The highest BCUT2D eigenvalue weighted by atomic mass is 35.5. The first-order chi connectivity index (χ1) is 13.1. The lowest BCUT2D eigenvalue weighted by Gasteiger charge is -2.29. The number of aryl methyl sites for hydroxylation is 1. The van der Waals surface area contributed by atoms with E-state index in [2.05, 4.69) is 60.4 Å². The fourth-order valence-electron chi connectivity index (χ4n) is 3.64. The molecule has 0 bridgehead atoms. The van der Waals surface area contributed by atoms with Gasteiger partial charge in [-0.3, -0.25) is 4.79 Å². The van der Waals surface area contributed by atoms with Gasteiger partial charge in [0, 0.05) is 23.9 Å². The third kappa shape index (κ3) is 5.31. The highest BCUT2D eigenvalue weighted by Gasteiger charge is 2.32. The van der Waals surface area contributed by atoms with E-state index in [-0.39, 0.29) is 30.0 Å². The second kappa shape index (κ2) is 10.2. The number of hydrogen-bond acceptors (Lipinski definition) is 2. The number of carbonyl (C=O) groups excluding carboxylic acids is 1. The monoisotopic (exact) mass is 393 g/mol. The molecule has 0 aliphatic rings. The zero-order valence-corrected chi connectivity index (χ0v) is 17.5. The average molecular weight is 394 g/mol. The Morgan fingerprint density at radius 2 is 1.29 bits per heavy atom. The van der Waals surface area contributed by atoms with E-state index in [1.54, 1.807) is 0 Å². The highest BCUT2D eigenvalue weighted by Crippen LogP contribution is 2.35. The molecule has 0 radical (unpaired) electrons. The van der Waals surface area contributed by atoms with Crippen LogP contribution >= 0.6 is 12.4 Å². The number of halogens is 1. The number of Topliss-reactive ketones (excluding diaryl/α,β-unsaturated/α-hetero) is 1. The maximum Gasteiger partial charge on any atom is 0.168 e. The zero-order chi connectivity index (χ0) is 19.2. The number of hydrogen-bond donors (Lipinski definition) is 0. The van der Waals surface area contributed by atoms with Crippen LogP contribution in [0.1, 0.15) is 33.0 Å². The first-order valence-corrected chi connectivity index (χ1v) is 9.42. The summed E-state index contributed by atoms with van der Waals surface area (Å²) in [6.45, 7) is 2.79. The van der Waals surface area contributed by atoms with Crippen LogP contribution in [0, 0.1) is 12.8 Å². The number of ketones is 1. The van der Waals surface area contributed by atoms with Gasteiger partial charge in [0.25, 0.3) is 0 Å². The van der Waals surface area contributed by atoms with Crippen molar-refractivity contribution in [1.82, 2.24) is 4.90 Å². The van der Waals surface area contributed by atoms with E-state index in [4.69, 9.17) is 0 Å². The van der Waals surface area contributed by atoms with Crippen molar-refractivity contribution >= 4 is 18.2 Å². The quantitative estimate of drug-likeness (QED) is 0.486. The van der Waals surface area contributed by atoms with Gasteiger partial charge in [-0.25, -0.2) is 0 Å². The molecule has 0 saturated carbocycles. The molecule has 0 N–H and O–H groups in total. The molecule has 3 rings (SSSR count). The van der Waals surface area contributed by atoms with Gasteiger partial charge in [0.05, 0.1) is 0 Å². The predicted molar refractivity (Wildman–Crippen MR) is 120 cm³/mol. The Bertz CT molecular complexity index is 860. The molecule has 0 aromatic heterocycles. The molecule has 0 aliphatic heterocycles. The summed E-state index contributed by atoms with van der Waals surface area (Å²) in [6, 6.07) is 28.6. The van der Waals surface area contributed by atoms with E-state index in [1.807, 2.05) is 50.5 Å². The predicted octanol–water partition coefficient (Wildman–Crippen LogP) is 5.61. The summed E-state index contributed by atoms with van der Waals surface area (Å²) in [5.41, 5.74) is 4.36. The summed E-state index contributed by atoms with van der Waals surface area (Å²) >= 11 is 0. The minimum Gasteiger partial charge on any atom is -0.309 e. The molecule has 0 aliphatic carbocycles. The van der Waals surface area contributed by atoms with Gasteiger partial charge in [0.1, 0.15) is 0 Å². The first-order valence-electron chi connectivity index (χ1n) is 9.42. The van der Waals surface area contributed by atoms with Crippen molar-refractivity contribution in [3.8, 4) is 0 Å². The molecule has 2 nitrogen and oxygen atoms in total. The van der Waals surface area contributed by atoms with Gasteiger partial charge in [-0.2, -0.15) is 0 Å². The van der Waals surface area contributed by atoms with Crippen LogP contribution in [0.5, 0.6) is 0 Å². The van der Waals surface area contributed by atoms with Crippen LogP contribution in [-0.2, 0) is 0 Å². The molecule has 3 heteroatoms. The number of benzene rings is 3. The second-order valence-electron chi connectivity index (χ2n) is 7.40. The van der Waals surface area contributed by atoms with Crippen molar-refractivity contribution < 1.29 is 4.79 Å². The molecular formula is C25H28ClNO. The summed E-state index contributed by atoms with van der Waals surface area (Å²) in [5, 5.41) is 0. The van der Waals surface area contributed by atoms with Crippen LogP contribution < -0.4 is 0 Å². The van der Waals surface area contributed by atoms with Gasteiger partial charge in [-0.05, 0) is 32.1 Å². The van der Waals surface area contributed by atoms with E-state index in [9.17, 15) is 4.79 Å². The van der Waals surface area contributed by atoms with Crippen LogP contribution in [0.4, 0.5) is 0 Å². The molecule has 28 heavy (non-hydrogen) atoms. The van der Waals surface area contributed by atoms with E-state index in [1.165, 1.54) is 16.7 Å². The van der Waals surface area contributed by atoms with Gasteiger partial charge in [0.15, 0.2) is 5.78 Å². The Labute approximate surface area is 174 Å². The standard InChI is InChI=1S/C25H27NO.ClH/c1-19-14-16-21(17-15-19)24(20-10-6-4-7-11-20)23(18-26(2)3)25(27)22-12-8-5-9-13-22;/h4-17,23-24H,18H2,1-3H3;1H/t23-,24+;/m1./s1. The van der Waals surface area contributed by atoms with Gasteiger partial charge < -0.3 is 4.90 Å². The summed E-state index contributed by atoms with van der Waals surface area (Å²) in [7, 11) is 4.06. The smallest absolute Gasteiger partial charge is 0.168 e. The average Bonchev–Trinajstić information content (AvgIpc) is 2.69. The fraction of sp³-hybridized carbons (Fsp3) is 0.240. The largest absolute Gasteiger partial charge is 0.309 e. The van der Waals surface area contributed by atoms with Crippen molar-refractivity contribution in [2.45, 2.75) is 12.8 Å². The van der Waals surface area contributed by atoms with E-state index < -0.39 is 0 Å². The number of nitrogens with zero attached hydrogens (tertiary/aromatic N) is 1. The van der Waals surface area contributed by atoms with Gasteiger partial charge in [-0.15, -0.1) is 12.4 Å². The Hall–Kier alpha value is -2.42. The van der Waals surface area contributed by atoms with E-state index >= 15 is 0 Å². The normalized spacial score (nSPS) is 12.9. The molecule has 2 atom stereocenters. The third-order valence-corrected chi connectivity index (χ3v) is 4.95. The van der Waals surface area contributed by atoms with Crippen molar-refractivity contribution in [2.75, 3.05) is 20.6 Å². The molecule has 3 aromatic rings. The molecule has 3 aromatic carbocycles. The van der Waals surface area contributed by atoms with Crippen LogP contribution in [-0.4, -0.2) is 31.3 Å². The molecule has 0 fully saturated rings. The third-order valence-electron chi connectivity index (χ3n) is 4.95. The summed E-state index contributed by atoms with van der Waals surface area (Å²) in [5.74, 6) is 0.0492. The topological polar surface area (TPSA) is 20.3 Å². The van der Waals surface area contributed by atoms with Gasteiger partial charge in [0.2, 0.25) is 0 Å². The molecule has 0 spiro atoms. The minimum atomic E-state index is -0.160. The molecule has 146 valence electrons. The number of rotatable bonds is 7. The fourth-order valence-corrected chi connectivity index (χ4v) is 3.64. The maximum atomic E-state index is 13.5. The van der Waals surface area contributed by atoms with Crippen molar-refractivity contribution in [2.24, 2.45) is 5.92 Å². The van der Waals surface area contributed by atoms with Crippen molar-refractivity contribution in [3.05, 3.63) is 107 Å². The SMILES string of the molecule is Cc1ccc([C@H](c2ccccc2)[C@@H](CN(C)C)C(=O)c2ccccc2)cc1.Cl. The number of carbonyl (C=O) groups is 1. The van der Waals surface area contributed by atoms with E-state index in [0.717, 1.165) is 5.56 Å². The lowest BCUT2D eigenvalue weighted by molar-refractivity contribution is 0.0883. The molecule has 0 amide bonds. The summed E-state index contributed by atoms with van der Waals surface area (Å²) in [6.07, 6.45) is 0. The lowest BCUT2D eigenvalue weighted by Crippen LogP contribution is -2.33. The van der Waals surface area contributed by atoms with Gasteiger partial charge in [-0.1, -0.05) is 90.5 Å². The zero-order valence-electron chi connectivity index (χ0n) is 16.7. The van der Waals surface area contributed by atoms with Crippen LogP contribution in [0.15, 0.2) is 84.9 Å². The Morgan fingerprint density at radius 1 is 0.786 bits per heavy atom. The summed E-state index contributed by atoms with van der Waals surface area (Å²) < 4.78 is 0. The minimum absolute atomic E-state index is 0. The first kappa shape index (κ1) is 21.9. The van der Waals surface area contributed by atoms with Gasteiger partial charge >= 0.3 is 0 Å². The van der Waals surface area contributed by atoms with Crippen LogP contribution in [0.25, 0.3) is 0 Å². The second-order valence-corrected chi connectivity index (χ2v) is 7.40. The molecular weight excluding hydrogens is 366 g/mol. The van der Waals surface area contributed by atoms with Crippen molar-refractivity contribution in [1.29, 1.82) is 0 Å². The molecule has 0 unspecified atom stereocenters. The Morgan fingerprint density at radius 3 is 1.82 bits per heavy atom. The Kier molecular flexibility index (Phi) is 7.98. The van der Waals surface area contributed by atoms with Crippen molar-refractivity contribution in [3.63, 3.8) is 0 Å². The van der Waals surface area contributed by atoms with E-state index in [0.29, 0.717) is 6.54 Å². The highest BCUT2D eigenvalue weighted by molar-refractivity contribution is 5.98. The summed E-state index contributed by atoms with van der Waals surface area (Å²) in [4.78, 5) is 15.6. The lowest BCUT2D eigenvalue weighted by atomic mass is 9.76. The van der Waals surface area contributed by atoms with Crippen LogP contribution in [0.2, 0.25) is 0 Å². The molecule has 0 heterocycles. The maximum absolute atomic E-state index is 13.5. The molecule has 0 saturated heterocycles.